The largest absolute Gasteiger partial charge is 0.449 e. The Kier molecular flexibility index (Phi) is 5.50. The van der Waals surface area contributed by atoms with Crippen LogP contribution in [-0.4, -0.2) is 18.0 Å². The van der Waals surface area contributed by atoms with Crippen molar-refractivity contribution >= 4 is 33.5 Å². The van der Waals surface area contributed by atoms with Crippen LogP contribution in [0.15, 0.2) is 53.0 Å². The zero-order valence-electron chi connectivity index (χ0n) is 12.2. The van der Waals surface area contributed by atoms with Crippen LogP contribution in [0.5, 0.6) is 0 Å². The topological polar surface area (TPSA) is 79.2 Å². The minimum Gasteiger partial charge on any atom is -0.449 e. The Bertz CT molecular complexity index is 749. The number of nitriles is 1. The molecule has 6 heteroatoms. The lowest BCUT2D eigenvalue weighted by Crippen LogP contribution is -2.29. The molecular weight excluding hydrogens is 360 g/mol. The molecule has 0 bridgehead atoms. The molecule has 0 saturated heterocycles. The molecule has 0 spiro atoms. The summed E-state index contributed by atoms with van der Waals surface area (Å²) in [7, 11) is 0. The first-order chi connectivity index (χ1) is 11.0. The van der Waals surface area contributed by atoms with Gasteiger partial charge in [0, 0.05) is 10.2 Å². The van der Waals surface area contributed by atoms with Gasteiger partial charge in [-0.25, -0.2) is 4.79 Å². The van der Waals surface area contributed by atoms with E-state index in [2.05, 4.69) is 21.2 Å². The normalized spacial score (nSPS) is 11.2. The molecule has 2 aromatic carbocycles. The average Bonchev–Trinajstić information content (AvgIpc) is 2.56. The lowest BCUT2D eigenvalue weighted by atomic mass is 10.1. The van der Waals surface area contributed by atoms with Gasteiger partial charge in [0.05, 0.1) is 17.2 Å². The van der Waals surface area contributed by atoms with Gasteiger partial charge in [-0.2, -0.15) is 5.26 Å². The number of anilines is 1. The number of carbonyl (C=O) groups excluding carboxylic acids is 2. The van der Waals surface area contributed by atoms with Crippen molar-refractivity contribution in [3.63, 3.8) is 0 Å². The highest BCUT2D eigenvalue weighted by Crippen LogP contribution is 2.15. The van der Waals surface area contributed by atoms with Gasteiger partial charge in [-0.15, -0.1) is 0 Å². The Labute approximate surface area is 142 Å². The summed E-state index contributed by atoms with van der Waals surface area (Å²) >= 11 is 3.31. The lowest BCUT2D eigenvalue weighted by molar-refractivity contribution is -0.123. The number of nitrogens with zero attached hydrogens (tertiary/aromatic N) is 1. The van der Waals surface area contributed by atoms with Crippen molar-refractivity contribution in [3.8, 4) is 6.07 Å². The van der Waals surface area contributed by atoms with Crippen molar-refractivity contribution in [1.82, 2.24) is 0 Å². The summed E-state index contributed by atoms with van der Waals surface area (Å²) in [5.74, 6) is -1.04. The molecule has 1 atom stereocenters. The minimum absolute atomic E-state index is 0.285. The second kappa shape index (κ2) is 7.56. The number of nitrogens with one attached hydrogen (secondary N) is 1. The molecule has 1 amide bonds. The number of rotatable bonds is 4. The van der Waals surface area contributed by atoms with Crippen LogP contribution in [-0.2, 0) is 9.53 Å². The summed E-state index contributed by atoms with van der Waals surface area (Å²) in [6, 6.07) is 15.0. The number of benzene rings is 2. The molecule has 0 aliphatic carbocycles. The van der Waals surface area contributed by atoms with Gasteiger partial charge in [0.1, 0.15) is 0 Å². The average molecular weight is 373 g/mol. The molecule has 0 aromatic heterocycles. The Morgan fingerprint density at radius 1 is 1.13 bits per heavy atom. The fourth-order valence-electron chi connectivity index (χ4n) is 1.74. The van der Waals surface area contributed by atoms with E-state index in [9.17, 15) is 9.59 Å². The predicted molar refractivity (Wildman–Crippen MR) is 88.8 cm³/mol. The fraction of sp³-hybridized carbons (Fsp3) is 0.118. The number of hydrogen-bond acceptors (Lipinski definition) is 4. The van der Waals surface area contributed by atoms with Crippen LogP contribution in [0.3, 0.4) is 0 Å². The molecule has 2 rings (SSSR count). The monoisotopic (exact) mass is 372 g/mol. The van der Waals surface area contributed by atoms with E-state index in [-0.39, 0.29) is 5.56 Å². The second-order valence-electron chi connectivity index (χ2n) is 4.73. The molecule has 0 radical (unpaired) electrons. The van der Waals surface area contributed by atoms with Gasteiger partial charge in [-0.05, 0) is 55.5 Å². The summed E-state index contributed by atoms with van der Waals surface area (Å²) in [4.78, 5) is 24.0. The Morgan fingerprint density at radius 3 is 2.30 bits per heavy atom. The maximum absolute atomic E-state index is 12.0. The molecule has 0 fully saturated rings. The van der Waals surface area contributed by atoms with Gasteiger partial charge in [-0.3, -0.25) is 4.79 Å². The van der Waals surface area contributed by atoms with Crippen LogP contribution >= 0.6 is 15.9 Å². The first-order valence-electron chi connectivity index (χ1n) is 6.77. The molecule has 0 saturated carbocycles. The smallest absolute Gasteiger partial charge is 0.338 e. The molecule has 1 N–H and O–H groups in total. The van der Waals surface area contributed by atoms with Crippen LogP contribution in [0, 0.1) is 11.3 Å². The minimum atomic E-state index is -0.943. The summed E-state index contributed by atoms with van der Waals surface area (Å²) in [5.41, 5.74) is 1.34. The van der Waals surface area contributed by atoms with Crippen LogP contribution in [0.1, 0.15) is 22.8 Å². The molecule has 23 heavy (non-hydrogen) atoms. The lowest BCUT2D eigenvalue weighted by Gasteiger charge is -2.13. The maximum atomic E-state index is 12.0. The molecule has 0 heterocycles. The number of amides is 1. The summed E-state index contributed by atoms with van der Waals surface area (Å²) in [6.07, 6.45) is -0.943. The quantitative estimate of drug-likeness (QED) is 0.832. The van der Waals surface area contributed by atoms with Crippen LogP contribution < -0.4 is 5.32 Å². The summed E-state index contributed by atoms with van der Waals surface area (Å²) < 4.78 is 6.02. The van der Waals surface area contributed by atoms with E-state index in [1.54, 1.807) is 24.3 Å². The number of hydrogen-bond donors (Lipinski definition) is 1. The van der Waals surface area contributed by atoms with Crippen molar-refractivity contribution in [2.45, 2.75) is 13.0 Å². The van der Waals surface area contributed by atoms with Crippen molar-refractivity contribution < 1.29 is 14.3 Å². The van der Waals surface area contributed by atoms with Crippen LogP contribution in [0.25, 0.3) is 0 Å². The number of esters is 1. The Hall–Kier alpha value is -2.65. The highest BCUT2D eigenvalue weighted by molar-refractivity contribution is 9.10. The summed E-state index contributed by atoms with van der Waals surface area (Å²) in [5, 5.41) is 11.4. The van der Waals surface area contributed by atoms with Gasteiger partial charge in [-0.1, -0.05) is 15.9 Å². The first kappa shape index (κ1) is 16.7. The third-order valence-corrected chi connectivity index (χ3v) is 3.54. The SMILES string of the molecule is C[C@@H](OC(=O)c1ccc(C#N)cc1)C(=O)Nc1ccc(Br)cc1. The van der Waals surface area contributed by atoms with E-state index in [4.69, 9.17) is 10.00 Å². The van der Waals surface area contributed by atoms with Gasteiger partial charge < -0.3 is 10.1 Å². The van der Waals surface area contributed by atoms with Crippen molar-refractivity contribution in [1.29, 1.82) is 5.26 Å². The van der Waals surface area contributed by atoms with Crippen molar-refractivity contribution in [3.05, 3.63) is 64.1 Å². The third kappa shape index (κ3) is 4.66. The fourth-order valence-corrected chi connectivity index (χ4v) is 2.00. The standard InChI is InChI=1S/C17H13BrN2O3/c1-11(16(21)20-15-8-6-14(18)7-9-15)23-17(22)13-4-2-12(10-19)3-5-13/h2-9,11H,1H3,(H,20,21)/t11-/m1/s1. The van der Waals surface area contributed by atoms with E-state index >= 15 is 0 Å². The molecule has 5 nitrogen and oxygen atoms in total. The number of carbonyl (C=O) groups is 2. The highest BCUT2D eigenvalue weighted by atomic mass is 79.9. The van der Waals surface area contributed by atoms with E-state index in [1.165, 1.54) is 31.2 Å². The zero-order valence-corrected chi connectivity index (χ0v) is 13.8. The molecule has 0 aliphatic rings. The van der Waals surface area contributed by atoms with E-state index < -0.39 is 18.0 Å². The maximum Gasteiger partial charge on any atom is 0.338 e. The highest BCUT2D eigenvalue weighted by Gasteiger charge is 2.19. The van der Waals surface area contributed by atoms with E-state index in [0.29, 0.717) is 11.3 Å². The Morgan fingerprint density at radius 2 is 1.74 bits per heavy atom. The van der Waals surface area contributed by atoms with Gasteiger partial charge in [0.25, 0.3) is 5.91 Å². The first-order valence-corrected chi connectivity index (χ1v) is 7.56. The van der Waals surface area contributed by atoms with Crippen LogP contribution in [0.2, 0.25) is 0 Å². The van der Waals surface area contributed by atoms with E-state index in [0.717, 1.165) is 4.47 Å². The molecule has 0 unspecified atom stereocenters. The third-order valence-electron chi connectivity index (χ3n) is 3.01. The van der Waals surface area contributed by atoms with E-state index in [1.807, 2.05) is 6.07 Å². The van der Waals surface area contributed by atoms with Crippen LogP contribution in [0.4, 0.5) is 5.69 Å². The molecule has 2 aromatic rings. The predicted octanol–water partition coefficient (Wildman–Crippen LogP) is 3.50. The van der Waals surface area contributed by atoms with Crippen molar-refractivity contribution in [2.75, 3.05) is 5.32 Å². The van der Waals surface area contributed by atoms with Gasteiger partial charge in [0.15, 0.2) is 6.10 Å². The number of ether oxygens (including phenoxy) is 1. The molecular formula is C17H13BrN2O3. The van der Waals surface area contributed by atoms with Crippen molar-refractivity contribution in [2.24, 2.45) is 0 Å². The van der Waals surface area contributed by atoms with Gasteiger partial charge in [0.2, 0.25) is 0 Å². The van der Waals surface area contributed by atoms with Gasteiger partial charge >= 0.3 is 5.97 Å². The second-order valence-corrected chi connectivity index (χ2v) is 5.65. The molecule has 0 aliphatic heterocycles. The summed E-state index contributed by atoms with van der Waals surface area (Å²) in [6.45, 7) is 1.50. The number of halogens is 1. The Balaban J connectivity index is 1.95. The molecule has 116 valence electrons. The zero-order chi connectivity index (χ0) is 16.8.